The van der Waals surface area contributed by atoms with Gasteiger partial charge in [-0.05, 0) is 49.9 Å². The molecule has 1 aromatic heterocycles. The van der Waals surface area contributed by atoms with E-state index in [-0.39, 0.29) is 0 Å². The summed E-state index contributed by atoms with van der Waals surface area (Å²) >= 11 is 0. The fraction of sp³-hybridized carbons (Fsp3) is 0.333. The van der Waals surface area contributed by atoms with Gasteiger partial charge in [-0.25, -0.2) is 4.79 Å². The molecule has 0 bridgehead atoms. The second-order valence-electron chi connectivity index (χ2n) is 5.71. The van der Waals surface area contributed by atoms with Crippen molar-refractivity contribution in [3.63, 3.8) is 0 Å². The van der Waals surface area contributed by atoms with E-state index in [4.69, 9.17) is 9.47 Å². The lowest BCUT2D eigenvalue weighted by Gasteiger charge is -2.35. The van der Waals surface area contributed by atoms with Crippen molar-refractivity contribution in [2.45, 2.75) is 37.7 Å². The third kappa shape index (κ3) is 3.13. The molecule has 0 amide bonds. The van der Waals surface area contributed by atoms with Crippen LogP contribution in [0.3, 0.4) is 0 Å². The molecule has 2 aromatic rings. The van der Waals surface area contributed by atoms with E-state index in [1.165, 1.54) is 4.57 Å². The van der Waals surface area contributed by atoms with Crippen LogP contribution in [-0.4, -0.2) is 17.1 Å². The Bertz CT molecular complexity index is 671. The predicted octanol–water partition coefficient (Wildman–Crippen LogP) is 3.87. The molecule has 0 radical (unpaired) electrons. The van der Waals surface area contributed by atoms with Gasteiger partial charge in [0.1, 0.15) is 5.75 Å². The van der Waals surface area contributed by atoms with Crippen molar-refractivity contribution in [1.29, 1.82) is 0 Å². The summed E-state index contributed by atoms with van der Waals surface area (Å²) in [5, 5.41) is 0. The third-order valence-corrected chi connectivity index (χ3v) is 4.30. The van der Waals surface area contributed by atoms with Crippen LogP contribution in [0.1, 0.15) is 37.8 Å². The summed E-state index contributed by atoms with van der Waals surface area (Å²) in [5.41, 5.74) is -0.0654. The first-order valence-electron chi connectivity index (χ1n) is 7.82. The molecular weight excluding hydrogens is 294 g/mol. The van der Waals surface area contributed by atoms with Crippen LogP contribution in [0.2, 0.25) is 0 Å². The average Bonchev–Trinajstić information content (AvgIpc) is 3.07. The number of ether oxygens (including phenoxy) is 2. The van der Waals surface area contributed by atoms with Crippen molar-refractivity contribution >= 4 is 12.6 Å². The minimum absolute atomic E-state index is 0.477. The molecule has 0 saturated heterocycles. The Labute approximate surface area is 134 Å². The Morgan fingerprint density at radius 2 is 1.78 bits per heavy atom. The molecule has 1 saturated carbocycles. The number of carbonyl (C=O) groups is 2. The zero-order valence-corrected chi connectivity index (χ0v) is 12.8. The summed E-state index contributed by atoms with van der Waals surface area (Å²) in [7, 11) is 0. The van der Waals surface area contributed by atoms with Crippen LogP contribution in [0.5, 0.6) is 5.75 Å². The molecular formula is C18H19NO4. The van der Waals surface area contributed by atoms with Crippen molar-refractivity contribution in [3.8, 4) is 5.75 Å². The first kappa shape index (κ1) is 15.3. The minimum atomic E-state index is -0.737. The maximum atomic E-state index is 12.5. The lowest BCUT2D eigenvalue weighted by Crippen LogP contribution is -2.36. The van der Waals surface area contributed by atoms with Crippen molar-refractivity contribution < 1.29 is 19.1 Å². The number of aromatic nitrogens is 1. The van der Waals surface area contributed by atoms with E-state index in [2.05, 4.69) is 0 Å². The number of para-hydroxylation sites is 1. The summed E-state index contributed by atoms with van der Waals surface area (Å²) in [4.78, 5) is 23.5. The number of carbonyl (C=O) groups excluding carboxylic acids is 2. The highest BCUT2D eigenvalue weighted by Gasteiger charge is 2.39. The van der Waals surface area contributed by atoms with Crippen LogP contribution in [0, 0.1) is 0 Å². The second kappa shape index (κ2) is 6.69. The Kier molecular flexibility index (Phi) is 4.46. The fourth-order valence-corrected chi connectivity index (χ4v) is 3.20. The highest BCUT2D eigenvalue weighted by atomic mass is 16.6. The normalized spacial score (nSPS) is 16.5. The highest BCUT2D eigenvalue weighted by Crippen LogP contribution is 2.40. The molecule has 5 nitrogen and oxygen atoms in total. The predicted molar refractivity (Wildman–Crippen MR) is 84.2 cm³/mol. The highest BCUT2D eigenvalue weighted by molar-refractivity contribution is 5.74. The molecule has 1 fully saturated rings. The van der Waals surface area contributed by atoms with Crippen molar-refractivity contribution in [3.05, 3.63) is 54.4 Å². The van der Waals surface area contributed by atoms with E-state index >= 15 is 0 Å². The van der Waals surface area contributed by atoms with E-state index in [9.17, 15) is 9.59 Å². The minimum Gasteiger partial charge on any atom is -0.455 e. The first-order valence-corrected chi connectivity index (χ1v) is 7.82. The molecule has 0 atom stereocenters. The van der Waals surface area contributed by atoms with Gasteiger partial charge in [-0.15, -0.1) is 0 Å². The summed E-state index contributed by atoms with van der Waals surface area (Å²) in [6.45, 7) is 0.477. The number of benzene rings is 1. The van der Waals surface area contributed by atoms with Crippen LogP contribution >= 0.6 is 0 Å². The van der Waals surface area contributed by atoms with E-state index in [1.54, 1.807) is 36.5 Å². The van der Waals surface area contributed by atoms with Gasteiger partial charge in [0.05, 0.1) is 5.69 Å². The standard InChI is InChI=1S/C18H19NO4/c20-14-22-18(11-5-2-6-12-18)16-10-7-13-19(16)17(21)23-15-8-3-1-4-9-15/h1,3-4,7-10,13-14H,2,5-6,11-12H2. The zero-order valence-electron chi connectivity index (χ0n) is 12.8. The van der Waals surface area contributed by atoms with Crippen LogP contribution in [0.4, 0.5) is 4.79 Å². The SMILES string of the molecule is O=COC1(c2cccn2C(=O)Oc2ccccc2)CCCCC1. The Hall–Kier alpha value is -2.56. The van der Waals surface area contributed by atoms with Gasteiger partial charge in [-0.1, -0.05) is 24.6 Å². The van der Waals surface area contributed by atoms with Crippen LogP contribution in [0.15, 0.2) is 48.7 Å². The number of hydrogen-bond acceptors (Lipinski definition) is 4. The Morgan fingerprint density at radius 1 is 1.04 bits per heavy atom. The van der Waals surface area contributed by atoms with Gasteiger partial charge in [0, 0.05) is 6.20 Å². The Morgan fingerprint density at radius 3 is 2.48 bits per heavy atom. The molecule has 1 heterocycles. The molecule has 0 unspecified atom stereocenters. The number of hydrogen-bond donors (Lipinski definition) is 0. The third-order valence-electron chi connectivity index (χ3n) is 4.30. The maximum Gasteiger partial charge on any atom is 0.423 e. The van der Waals surface area contributed by atoms with Gasteiger partial charge in [-0.2, -0.15) is 0 Å². The van der Waals surface area contributed by atoms with Gasteiger partial charge >= 0.3 is 6.09 Å². The summed E-state index contributed by atoms with van der Waals surface area (Å²) in [5.74, 6) is 0.478. The maximum absolute atomic E-state index is 12.5. The molecule has 120 valence electrons. The second-order valence-corrected chi connectivity index (χ2v) is 5.71. The van der Waals surface area contributed by atoms with E-state index in [0.717, 1.165) is 19.3 Å². The van der Waals surface area contributed by atoms with E-state index in [1.807, 2.05) is 12.1 Å². The fourth-order valence-electron chi connectivity index (χ4n) is 3.20. The quantitative estimate of drug-likeness (QED) is 0.804. The molecule has 0 N–H and O–H groups in total. The molecule has 1 aliphatic rings. The molecule has 1 aromatic carbocycles. The van der Waals surface area contributed by atoms with Crippen molar-refractivity contribution in [2.24, 2.45) is 0 Å². The molecule has 3 rings (SSSR count). The van der Waals surface area contributed by atoms with Crippen LogP contribution in [0.25, 0.3) is 0 Å². The van der Waals surface area contributed by atoms with E-state index < -0.39 is 11.7 Å². The van der Waals surface area contributed by atoms with Gasteiger partial charge in [-0.3, -0.25) is 9.36 Å². The summed E-state index contributed by atoms with van der Waals surface area (Å²) in [6.07, 6.45) is 5.61. The van der Waals surface area contributed by atoms with Crippen molar-refractivity contribution in [2.75, 3.05) is 0 Å². The van der Waals surface area contributed by atoms with Gasteiger partial charge in [0.2, 0.25) is 0 Å². The molecule has 0 spiro atoms. The Balaban J connectivity index is 1.88. The lowest BCUT2D eigenvalue weighted by molar-refractivity contribution is -0.149. The van der Waals surface area contributed by atoms with Crippen LogP contribution < -0.4 is 4.74 Å². The average molecular weight is 313 g/mol. The lowest BCUT2D eigenvalue weighted by atomic mass is 9.82. The molecule has 5 heteroatoms. The largest absolute Gasteiger partial charge is 0.455 e. The molecule has 1 aliphatic carbocycles. The zero-order chi connectivity index (χ0) is 16.1. The smallest absolute Gasteiger partial charge is 0.423 e. The van der Waals surface area contributed by atoms with Crippen molar-refractivity contribution in [1.82, 2.24) is 4.57 Å². The van der Waals surface area contributed by atoms with Crippen LogP contribution in [-0.2, 0) is 15.1 Å². The van der Waals surface area contributed by atoms with Gasteiger partial charge in [0.15, 0.2) is 5.60 Å². The molecule has 23 heavy (non-hydrogen) atoms. The van der Waals surface area contributed by atoms with Gasteiger partial charge in [0.25, 0.3) is 6.47 Å². The monoisotopic (exact) mass is 313 g/mol. The summed E-state index contributed by atoms with van der Waals surface area (Å²) < 4.78 is 12.3. The number of nitrogens with zero attached hydrogens (tertiary/aromatic N) is 1. The van der Waals surface area contributed by atoms with E-state index in [0.29, 0.717) is 30.8 Å². The summed E-state index contributed by atoms with van der Waals surface area (Å²) in [6, 6.07) is 12.5. The van der Waals surface area contributed by atoms with Gasteiger partial charge < -0.3 is 9.47 Å². The molecule has 0 aliphatic heterocycles. The topological polar surface area (TPSA) is 57.5 Å². The first-order chi connectivity index (χ1) is 11.2. The number of rotatable bonds is 4.